The van der Waals surface area contributed by atoms with Gasteiger partial charge in [-0.2, -0.15) is 5.10 Å². The molecule has 3 aromatic heterocycles. The Bertz CT molecular complexity index is 1670. The van der Waals surface area contributed by atoms with E-state index in [0.717, 1.165) is 16.8 Å². The van der Waals surface area contributed by atoms with Crippen LogP contribution >= 0.6 is 0 Å². The van der Waals surface area contributed by atoms with Gasteiger partial charge >= 0.3 is 6.03 Å². The summed E-state index contributed by atoms with van der Waals surface area (Å²) < 4.78 is 3.22. The van der Waals surface area contributed by atoms with Crippen molar-refractivity contribution in [2.45, 2.75) is 26.9 Å². The summed E-state index contributed by atoms with van der Waals surface area (Å²) >= 11 is 0. The van der Waals surface area contributed by atoms with E-state index < -0.39 is 6.03 Å². The van der Waals surface area contributed by atoms with E-state index in [-0.39, 0.29) is 24.5 Å². The number of para-hydroxylation sites is 1. The number of carbonyl (C=O) groups excluding carboxylic acids is 1. The highest BCUT2D eigenvalue weighted by Gasteiger charge is 2.20. The quantitative estimate of drug-likeness (QED) is 0.354. The van der Waals surface area contributed by atoms with Gasteiger partial charge in [0.15, 0.2) is 5.65 Å². The Morgan fingerprint density at radius 3 is 2.57 bits per heavy atom. The number of rotatable bonds is 5. The van der Waals surface area contributed by atoms with E-state index in [0.29, 0.717) is 33.5 Å². The zero-order valence-electron chi connectivity index (χ0n) is 19.2. The highest BCUT2D eigenvalue weighted by Crippen LogP contribution is 2.23. The number of primary amides is 1. The van der Waals surface area contributed by atoms with Gasteiger partial charge in [0.05, 0.1) is 34.2 Å². The molecule has 35 heavy (non-hydrogen) atoms. The van der Waals surface area contributed by atoms with Crippen LogP contribution in [0.4, 0.5) is 10.6 Å². The number of nitrogens with two attached hydrogens (primary N) is 2. The molecule has 176 valence electrons. The van der Waals surface area contributed by atoms with Crippen molar-refractivity contribution in [3.8, 4) is 5.69 Å². The second kappa shape index (κ2) is 8.52. The summed E-state index contributed by atoms with van der Waals surface area (Å²) in [5.74, 6) is 0.694. The molecule has 11 nitrogen and oxygen atoms in total. The number of nitrogens with one attached hydrogen (secondary N) is 1. The van der Waals surface area contributed by atoms with E-state index in [2.05, 4.69) is 20.4 Å². The summed E-state index contributed by atoms with van der Waals surface area (Å²) in [6, 6.07) is 12.5. The number of aromatic nitrogens is 6. The summed E-state index contributed by atoms with van der Waals surface area (Å²) in [6.07, 6.45) is 1.34. The first-order chi connectivity index (χ1) is 16.8. The smallest absolute Gasteiger partial charge is 0.312 e. The molecule has 0 radical (unpaired) electrons. The number of benzene rings is 2. The minimum Gasteiger partial charge on any atom is -0.383 e. The number of urea groups is 1. The third-order valence-electron chi connectivity index (χ3n) is 5.88. The van der Waals surface area contributed by atoms with Crippen LogP contribution in [-0.2, 0) is 13.1 Å². The molecule has 0 atom stereocenters. The van der Waals surface area contributed by atoms with Gasteiger partial charge in [-0.3, -0.25) is 9.36 Å². The molecular formula is C24H23N9O2. The maximum absolute atomic E-state index is 13.8. The van der Waals surface area contributed by atoms with Crippen molar-refractivity contribution in [1.82, 2.24) is 34.6 Å². The topological polar surface area (TPSA) is 160 Å². The zero-order chi connectivity index (χ0) is 24.7. The van der Waals surface area contributed by atoms with Crippen LogP contribution in [-0.4, -0.2) is 35.3 Å². The van der Waals surface area contributed by atoms with Gasteiger partial charge in [0.25, 0.3) is 5.56 Å². The van der Waals surface area contributed by atoms with Crippen LogP contribution in [0.1, 0.15) is 22.6 Å². The van der Waals surface area contributed by atoms with Crippen molar-refractivity contribution in [1.29, 1.82) is 0 Å². The lowest BCUT2D eigenvalue weighted by Crippen LogP contribution is -2.29. The van der Waals surface area contributed by atoms with E-state index in [4.69, 9.17) is 16.5 Å². The molecule has 0 aliphatic carbocycles. The molecule has 0 bridgehead atoms. The Kier molecular flexibility index (Phi) is 5.36. The first-order valence-electron chi connectivity index (χ1n) is 10.9. The van der Waals surface area contributed by atoms with E-state index in [1.807, 2.05) is 56.3 Å². The Balaban J connectivity index is 1.75. The fraction of sp³-hybridized carbons (Fsp3) is 0.167. The fourth-order valence-corrected chi connectivity index (χ4v) is 4.25. The maximum atomic E-state index is 13.8. The second-order valence-corrected chi connectivity index (χ2v) is 8.20. The maximum Gasteiger partial charge on any atom is 0.312 e. The number of aryl methyl sites for hydroxylation is 2. The van der Waals surface area contributed by atoms with Crippen LogP contribution in [0, 0.1) is 13.8 Å². The minimum atomic E-state index is -0.692. The summed E-state index contributed by atoms with van der Waals surface area (Å²) in [5, 5.41) is 8.19. The van der Waals surface area contributed by atoms with Gasteiger partial charge in [0, 0.05) is 0 Å². The molecule has 11 heteroatoms. The summed E-state index contributed by atoms with van der Waals surface area (Å²) in [4.78, 5) is 38.4. The van der Waals surface area contributed by atoms with Crippen LogP contribution < -0.4 is 22.3 Å². The zero-order valence-corrected chi connectivity index (χ0v) is 19.2. The minimum absolute atomic E-state index is 0.0470. The first-order valence-corrected chi connectivity index (χ1v) is 10.9. The largest absolute Gasteiger partial charge is 0.383 e. The van der Waals surface area contributed by atoms with Crippen molar-refractivity contribution in [3.05, 3.63) is 81.8 Å². The van der Waals surface area contributed by atoms with Gasteiger partial charge in [-0.05, 0) is 37.1 Å². The van der Waals surface area contributed by atoms with Crippen molar-refractivity contribution in [2.75, 3.05) is 5.73 Å². The average Bonchev–Trinajstić information content (AvgIpc) is 3.17. The number of anilines is 1. The molecular weight excluding hydrogens is 446 g/mol. The van der Waals surface area contributed by atoms with Crippen molar-refractivity contribution in [3.63, 3.8) is 0 Å². The Morgan fingerprint density at radius 2 is 1.80 bits per heavy atom. The number of hydrogen-bond acceptors (Lipinski definition) is 7. The van der Waals surface area contributed by atoms with E-state index in [1.165, 1.54) is 6.33 Å². The van der Waals surface area contributed by atoms with E-state index >= 15 is 0 Å². The van der Waals surface area contributed by atoms with Crippen LogP contribution in [0.25, 0.3) is 27.6 Å². The molecule has 0 saturated heterocycles. The molecule has 0 saturated carbocycles. The van der Waals surface area contributed by atoms with Crippen molar-refractivity contribution in [2.24, 2.45) is 5.73 Å². The lowest BCUT2D eigenvalue weighted by molar-refractivity contribution is 0.248. The van der Waals surface area contributed by atoms with Crippen LogP contribution in [0.2, 0.25) is 0 Å². The summed E-state index contributed by atoms with van der Waals surface area (Å²) in [7, 11) is 0. The summed E-state index contributed by atoms with van der Waals surface area (Å²) in [5.41, 5.74) is 15.2. The number of hydrogen-bond donors (Lipinski definition) is 3. The van der Waals surface area contributed by atoms with Gasteiger partial charge in [0.1, 0.15) is 24.5 Å². The van der Waals surface area contributed by atoms with Crippen LogP contribution in [0.5, 0.6) is 0 Å². The molecule has 3 heterocycles. The Morgan fingerprint density at radius 1 is 1.03 bits per heavy atom. The first kappa shape index (κ1) is 22.0. The fourth-order valence-electron chi connectivity index (χ4n) is 4.25. The number of nitrogens with zero attached hydrogens (tertiary/aromatic N) is 6. The average molecular weight is 470 g/mol. The number of amides is 2. The normalized spacial score (nSPS) is 11.3. The molecule has 0 aliphatic heterocycles. The van der Waals surface area contributed by atoms with Crippen LogP contribution in [0.3, 0.4) is 0 Å². The molecule has 2 aromatic carbocycles. The summed E-state index contributed by atoms with van der Waals surface area (Å²) in [6.45, 7) is 4.01. The second-order valence-electron chi connectivity index (χ2n) is 8.20. The SMILES string of the molecule is Cc1ccccc1-n1c(Cn2nc(CNC(N)=O)c3c(N)ncnc32)nc2cccc(C)c2c1=O. The number of nitrogen functional groups attached to an aromatic ring is 1. The molecule has 0 fully saturated rings. The third-order valence-corrected chi connectivity index (χ3v) is 5.88. The number of carbonyl (C=O) groups is 1. The number of fused-ring (bicyclic) bond motifs is 2. The molecule has 5 N–H and O–H groups in total. The standard InChI is InChI=1S/C24H23N9O2/c1-13-6-3-4-9-17(13)33-18(30-15-8-5-7-14(2)19(15)23(33)34)11-32-22-20(21(25)28-12-29-22)16(31-32)10-27-24(26)35/h3-9,12H,10-11H2,1-2H3,(H2,25,28,29)(H3,26,27,35). The third kappa shape index (κ3) is 3.82. The monoisotopic (exact) mass is 469 g/mol. The van der Waals surface area contributed by atoms with Gasteiger partial charge in [-0.25, -0.2) is 24.4 Å². The predicted molar refractivity (Wildman–Crippen MR) is 132 cm³/mol. The molecule has 5 rings (SSSR count). The van der Waals surface area contributed by atoms with Crippen molar-refractivity contribution < 1.29 is 4.79 Å². The van der Waals surface area contributed by atoms with E-state index in [1.54, 1.807) is 9.25 Å². The lowest BCUT2D eigenvalue weighted by Gasteiger charge is -2.16. The van der Waals surface area contributed by atoms with Crippen LogP contribution in [0.15, 0.2) is 53.6 Å². The molecule has 5 aromatic rings. The van der Waals surface area contributed by atoms with E-state index in [9.17, 15) is 9.59 Å². The van der Waals surface area contributed by atoms with Crippen molar-refractivity contribution >= 4 is 33.8 Å². The van der Waals surface area contributed by atoms with Gasteiger partial charge in [-0.15, -0.1) is 0 Å². The van der Waals surface area contributed by atoms with Gasteiger partial charge in [0.2, 0.25) is 0 Å². The predicted octanol–water partition coefficient (Wildman–Crippen LogP) is 1.94. The highest BCUT2D eigenvalue weighted by molar-refractivity contribution is 5.88. The highest BCUT2D eigenvalue weighted by atomic mass is 16.2. The molecule has 0 aliphatic rings. The Labute approximate surface area is 199 Å². The Hall–Kier alpha value is -4.80. The van der Waals surface area contributed by atoms with Gasteiger partial charge in [-0.1, -0.05) is 30.3 Å². The molecule has 0 spiro atoms. The van der Waals surface area contributed by atoms with Gasteiger partial charge < -0.3 is 16.8 Å². The molecule has 0 unspecified atom stereocenters. The molecule has 2 amide bonds. The lowest BCUT2D eigenvalue weighted by atomic mass is 10.1.